The second-order valence-corrected chi connectivity index (χ2v) is 14.9. The van der Waals surface area contributed by atoms with Crippen molar-refractivity contribution < 1.29 is 0 Å². The van der Waals surface area contributed by atoms with Crippen LogP contribution in [0.1, 0.15) is 28.3 Å². The third-order valence-electron chi connectivity index (χ3n) is 9.71. The number of nitrogens with zero attached hydrogens (tertiary/aromatic N) is 3. The van der Waals surface area contributed by atoms with E-state index in [1.807, 2.05) is 59.1 Å². The molecule has 3 nitrogen and oxygen atoms in total. The van der Waals surface area contributed by atoms with Crippen LogP contribution in [0.2, 0.25) is 0 Å². The molecule has 0 saturated heterocycles. The van der Waals surface area contributed by atoms with E-state index in [-0.39, 0.29) is 5.92 Å². The van der Waals surface area contributed by atoms with Crippen LogP contribution in [0.15, 0.2) is 152 Å². The third kappa shape index (κ3) is 4.97. The topological polar surface area (TPSA) is 38.7 Å². The summed E-state index contributed by atoms with van der Waals surface area (Å²) >= 11 is 3.77. The summed E-state index contributed by atoms with van der Waals surface area (Å²) in [6.07, 6.45) is 5.56. The average Bonchev–Trinajstić information content (AvgIpc) is 3.76. The SMILES string of the molecule is C1=Cc2c(sc3ccccc23)C(c2cc(-c3ccc4c(c3)sc3ccccc34)ccc2-c2nc(-c3ccccc3)nc(-c3ccccc3)n2)C1. The zero-order valence-electron chi connectivity index (χ0n) is 27.0. The van der Waals surface area contributed by atoms with Gasteiger partial charge in [-0.15, -0.1) is 22.7 Å². The lowest BCUT2D eigenvalue weighted by atomic mass is 9.83. The summed E-state index contributed by atoms with van der Waals surface area (Å²) in [6, 6.07) is 51.7. The normalized spacial score (nSPS) is 14.0. The first-order valence-corrected chi connectivity index (χ1v) is 18.5. The minimum Gasteiger partial charge on any atom is -0.208 e. The fourth-order valence-electron chi connectivity index (χ4n) is 7.28. The van der Waals surface area contributed by atoms with Crippen LogP contribution >= 0.6 is 22.7 Å². The minimum absolute atomic E-state index is 0.160. The standard InChI is InChI=1S/C45H29N3S2/c1-3-12-28(13-4-1)43-46-44(29-14-5-2-6-15-29)48-45(47-43)37-25-23-30(31-22-24-34-32-16-7-9-20-39(32)49-41(34)27-31)26-38(37)36-19-11-18-35-33-17-8-10-21-40(33)50-42(35)36/h1-18,20-27,36H,19H2. The summed E-state index contributed by atoms with van der Waals surface area (Å²) in [5.41, 5.74) is 7.95. The van der Waals surface area contributed by atoms with Crippen molar-refractivity contribution in [3.05, 3.63) is 168 Å². The fraction of sp³-hybridized carbons (Fsp3) is 0.0444. The van der Waals surface area contributed by atoms with Crippen molar-refractivity contribution in [1.82, 2.24) is 15.0 Å². The van der Waals surface area contributed by atoms with E-state index in [0.29, 0.717) is 17.5 Å². The summed E-state index contributed by atoms with van der Waals surface area (Å²) in [4.78, 5) is 16.8. The highest BCUT2D eigenvalue weighted by Crippen LogP contribution is 2.47. The van der Waals surface area contributed by atoms with Crippen molar-refractivity contribution in [3.63, 3.8) is 0 Å². The molecule has 1 aliphatic rings. The van der Waals surface area contributed by atoms with Crippen LogP contribution < -0.4 is 0 Å². The van der Waals surface area contributed by atoms with E-state index in [4.69, 9.17) is 15.0 Å². The van der Waals surface area contributed by atoms with Crippen LogP contribution in [0.4, 0.5) is 0 Å². The Kier molecular flexibility index (Phi) is 7.00. The minimum atomic E-state index is 0.160. The first-order valence-electron chi connectivity index (χ1n) is 16.9. The first kappa shape index (κ1) is 29.2. The van der Waals surface area contributed by atoms with Gasteiger partial charge in [-0.1, -0.05) is 133 Å². The van der Waals surface area contributed by atoms with Crippen LogP contribution in [0, 0.1) is 0 Å². The number of hydrogen-bond donors (Lipinski definition) is 0. The predicted molar refractivity (Wildman–Crippen MR) is 212 cm³/mol. The van der Waals surface area contributed by atoms with Gasteiger partial charge in [0.15, 0.2) is 17.5 Å². The number of fused-ring (bicyclic) bond motifs is 6. The van der Waals surface area contributed by atoms with Gasteiger partial charge in [-0.05, 0) is 58.3 Å². The Labute approximate surface area is 297 Å². The van der Waals surface area contributed by atoms with Crippen LogP contribution in [-0.4, -0.2) is 15.0 Å². The van der Waals surface area contributed by atoms with Gasteiger partial charge in [0, 0.05) is 52.4 Å². The van der Waals surface area contributed by atoms with Crippen molar-refractivity contribution in [3.8, 4) is 45.3 Å². The quantitative estimate of drug-likeness (QED) is 0.182. The molecule has 0 saturated carbocycles. The molecule has 0 bridgehead atoms. The zero-order valence-corrected chi connectivity index (χ0v) is 28.6. The van der Waals surface area contributed by atoms with Crippen LogP contribution in [0.5, 0.6) is 0 Å². The van der Waals surface area contributed by atoms with E-state index in [2.05, 4.69) is 121 Å². The predicted octanol–water partition coefficient (Wildman–Crippen LogP) is 12.7. The summed E-state index contributed by atoms with van der Waals surface area (Å²) in [7, 11) is 0. The fourth-order valence-corrected chi connectivity index (χ4v) is 9.75. The van der Waals surface area contributed by atoms with Gasteiger partial charge in [0.1, 0.15) is 0 Å². The number of hydrogen-bond acceptors (Lipinski definition) is 5. The van der Waals surface area contributed by atoms with Crippen molar-refractivity contribution >= 4 is 59.0 Å². The lowest BCUT2D eigenvalue weighted by Crippen LogP contribution is -2.07. The van der Waals surface area contributed by atoms with E-state index in [0.717, 1.165) is 23.1 Å². The molecule has 0 fully saturated rings. The Hall–Kier alpha value is -5.75. The Morgan fingerprint density at radius 3 is 1.78 bits per heavy atom. The smallest absolute Gasteiger partial charge is 0.164 e. The summed E-state index contributed by atoms with van der Waals surface area (Å²) in [5, 5.41) is 3.95. The Balaban J connectivity index is 1.20. The molecule has 0 amide bonds. The monoisotopic (exact) mass is 675 g/mol. The van der Waals surface area contributed by atoms with Gasteiger partial charge in [0.25, 0.3) is 0 Å². The van der Waals surface area contributed by atoms with E-state index >= 15 is 0 Å². The number of rotatable bonds is 5. The second kappa shape index (κ2) is 12.0. The maximum atomic E-state index is 5.19. The van der Waals surface area contributed by atoms with Crippen LogP contribution in [-0.2, 0) is 0 Å². The van der Waals surface area contributed by atoms with Crippen molar-refractivity contribution in [1.29, 1.82) is 0 Å². The number of allylic oxidation sites excluding steroid dienone is 1. The molecule has 3 aromatic heterocycles. The zero-order chi connectivity index (χ0) is 33.0. The first-order chi connectivity index (χ1) is 24.8. The molecule has 0 radical (unpaired) electrons. The Morgan fingerprint density at radius 2 is 1.04 bits per heavy atom. The van der Waals surface area contributed by atoms with Gasteiger partial charge >= 0.3 is 0 Å². The van der Waals surface area contributed by atoms with Crippen molar-refractivity contribution in [2.24, 2.45) is 0 Å². The van der Waals surface area contributed by atoms with Gasteiger partial charge < -0.3 is 0 Å². The highest BCUT2D eigenvalue weighted by Gasteiger charge is 2.27. The van der Waals surface area contributed by atoms with E-state index < -0.39 is 0 Å². The Bertz CT molecular complexity index is 2680. The molecule has 3 heterocycles. The molecule has 50 heavy (non-hydrogen) atoms. The van der Waals surface area contributed by atoms with Gasteiger partial charge in [-0.2, -0.15) is 0 Å². The molecule has 5 heteroatoms. The van der Waals surface area contributed by atoms with Gasteiger partial charge in [0.2, 0.25) is 0 Å². The molecule has 9 aromatic rings. The van der Waals surface area contributed by atoms with E-state index in [1.54, 1.807) is 0 Å². The van der Waals surface area contributed by atoms with Crippen molar-refractivity contribution in [2.45, 2.75) is 12.3 Å². The van der Waals surface area contributed by atoms with Crippen LogP contribution in [0.25, 0.3) is 81.6 Å². The van der Waals surface area contributed by atoms with Gasteiger partial charge in [0.05, 0.1) is 0 Å². The molecule has 1 aliphatic carbocycles. The third-order valence-corrected chi connectivity index (χ3v) is 12.1. The van der Waals surface area contributed by atoms with Gasteiger partial charge in [-0.25, -0.2) is 15.0 Å². The number of aromatic nitrogens is 3. The van der Waals surface area contributed by atoms with E-state index in [1.165, 1.54) is 57.4 Å². The molecule has 236 valence electrons. The highest BCUT2D eigenvalue weighted by molar-refractivity contribution is 7.25. The highest BCUT2D eigenvalue weighted by atomic mass is 32.1. The van der Waals surface area contributed by atoms with Gasteiger partial charge in [-0.3, -0.25) is 0 Å². The summed E-state index contributed by atoms with van der Waals surface area (Å²) < 4.78 is 3.94. The summed E-state index contributed by atoms with van der Waals surface area (Å²) in [6.45, 7) is 0. The largest absolute Gasteiger partial charge is 0.208 e. The molecule has 1 atom stereocenters. The molecule has 0 spiro atoms. The molecular weight excluding hydrogens is 647 g/mol. The molecule has 0 aliphatic heterocycles. The molecule has 0 N–H and O–H groups in total. The number of thiophene rings is 2. The second-order valence-electron chi connectivity index (χ2n) is 12.7. The maximum Gasteiger partial charge on any atom is 0.164 e. The lowest BCUT2D eigenvalue weighted by Gasteiger charge is -2.23. The summed E-state index contributed by atoms with van der Waals surface area (Å²) in [5.74, 6) is 2.19. The average molecular weight is 676 g/mol. The van der Waals surface area contributed by atoms with Crippen LogP contribution in [0.3, 0.4) is 0 Å². The molecule has 10 rings (SSSR count). The van der Waals surface area contributed by atoms with Crippen molar-refractivity contribution in [2.75, 3.05) is 0 Å². The maximum absolute atomic E-state index is 5.19. The number of benzene rings is 6. The van der Waals surface area contributed by atoms with E-state index in [9.17, 15) is 0 Å². The molecular formula is C45H29N3S2. The Morgan fingerprint density at radius 1 is 0.460 bits per heavy atom. The lowest BCUT2D eigenvalue weighted by molar-refractivity contribution is 0.840. The molecule has 6 aromatic carbocycles. The molecule has 1 unspecified atom stereocenters.